The number of fused-ring (bicyclic) bond motifs is 1. The Bertz CT molecular complexity index is 1220. The van der Waals surface area contributed by atoms with Crippen LogP contribution in [0.2, 0.25) is 5.02 Å². The summed E-state index contributed by atoms with van der Waals surface area (Å²) in [7, 11) is 0. The third-order valence-corrected chi connectivity index (χ3v) is 5.79. The average molecular weight is 407 g/mol. The highest BCUT2D eigenvalue weighted by molar-refractivity contribution is 7.98. The fraction of sp³-hybridized carbons (Fsp3) is 0.130. The molecule has 0 amide bonds. The maximum atomic E-state index is 13.3. The molecule has 3 nitrogen and oxygen atoms in total. The maximum absolute atomic E-state index is 13.3. The zero-order chi connectivity index (χ0) is 19.7. The molecular weight excluding hydrogens is 388 g/mol. The Labute approximate surface area is 173 Å². The number of benzene rings is 3. The van der Waals surface area contributed by atoms with Crippen molar-refractivity contribution in [1.82, 2.24) is 9.55 Å². The third-order valence-electron chi connectivity index (χ3n) is 4.55. The lowest BCUT2D eigenvalue weighted by Crippen LogP contribution is -2.21. The molecule has 0 N–H and O–H groups in total. The molecule has 1 aromatic heterocycles. The fourth-order valence-corrected chi connectivity index (χ4v) is 4.20. The first-order valence-corrected chi connectivity index (χ1v) is 10.4. The highest BCUT2D eigenvalue weighted by Crippen LogP contribution is 2.26. The topological polar surface area (TPSA) is 34.9 Å². The number of aromatic nitrogens is 2. The lowest BCUT2D eigenvalue weighted by atomic mass is 10.2. The summed E-state index contributed by atoms with van der Waals surface area (Å²) < 4.78 is 1.70. The Kier molecular flexibility index (Phi) is 5.25. The molecule has 0 saturated heterocycles. The Morgan fingerprint density at radius 1 is 0.964 bits per heavy atom. The van der Waals surface area contributed by atoms with Gasteiger partial charge in [-0.25, -0.2) is 4.98 Å². The minimum atomic E-state index is -0.0846. The van der Waals surface area contributed by atoms with Gasteiger partial charge < -0.3 is 0 Å². The van der Waals surface area contributed by atoms with Gasteiger partial charge in [0.1, 0.15) is 0 Å². The predicted octanol–water partition coefficient (Wildman–Crippen LogP) is 5.95. The molecule has 0 fully saturated rings. The molecule has 0 atom stereocenters. The number of nitrogens with zero attached hydrogens (tertiary/aromatic N) is 2. The molecule has 0 aliphatic carbocycles. The van der Waals surface area contributed by atoms with Gasteiger partial charge in [-0.1, -0.05) is 65.3 Å². The first kappa shape index (κ1) is 18.8. The van der Waals surface area contributed by atoms with Crippen LogP contribution >= 0.6 is 23.4 Å². The minimum absolute atomic E-state index is 0.0846. The van der Waals surface area contributed by atoms with Crippen molar-refractivity contribution in [2.45, 2.75) is 24.8 Å². The molecule has 0 bridgehead atoms. The summed E-state index contributed by atoms with van der Waals surface area (Å²) in [5.41, 5.74) is 4.86. The number of hydrogen-bond donors (Lipinski definition) is 0. The maximum Gasteiger partial charge on any atom is 0.266 e. The molecule has 4 aromatic rings. The van der Waals surface area contributed by atoms with Gasteiger partial charge in [-0.3, -0.25) is 9.36 Å². The second-order valence-corrected chi connectivity index (χ2v) is 8.19. The van der Waals surface area contributed by atoms with Crippen molar-refractivity contribution in [3.63, 3.8) is 0 Å². The van der Waals surface area contributed by atoms with Crippen LogP contribution < -0.4 is 5.56 Å². The van der Waals surface area contributed by atoms with Crippen molar-refractivity contribution >= 4 is 34.3 Å². The molecule has 4 rings (SSSR count). The largest absolute Gasteiger partial charge is 0.268 e. The van der Waals surface area contributed by atoms with Crippen molar-refractivity contribution in [1.29, 1.82) is 0 Å². The average Bonchev–Trinajstić information content (AvgIpc) is 2.67. The molecule has 140 valence electrons. The molecule has 0 radical (unpaired) electrons. The van der Waals surface area contributed by atoms with Gasteiger partial charge in [0.15, 0.2) is 5.16 Å². The number of aryl methyl sites for hydroxylation is 2. The lowest BCUT2D eigenvalue weighted by molar-refractivity contribution is 0.819. The molecule has 0 aliphatic heterocycles. The summed E-state index contributed by atoms with van der Waals surface area (Å²) in [5, 5.41) is 1.79. The molecule has 0 unspecified atom stereocenters. The lowest BCUT2D eigenvalue weighted by Gasteiger charge is -2.14. The number of thioether (sulfide) groups is 1. The van der Waals surface area contributed by atoms with Gasteiger partial charge in [0.05, 0.1) is 16.6 Å². The van der Waals surface area contributed by atoms with Gasteiger partial charge >= 0.3 is 0 Å². The van der Waals surface area contributed by atoms with E-state index in [4.69, 9.17) is 16.6 Å². The van der Waals surface area contributed by atoms with E-state index in [2.05, 4.69) is 31.2 Å². The van der Waals surface area contributed by atoms with Gasteiger partial charge in [-0.15, -0.1) is 0 Å². The first-order chi connectivity index (χ1) is 13.5. The smallest absolute Gasteiger partial charge is 0.266 e. The van der Waals surface area contributed by atoms with Crippen molar-refractivity contribution < 1.29 is 0 Å². The Morgan fingerprint density at radius 2 is 1.75 bits per heavy atom. The molecule has 28 heavy (non-hydrogen) atoms. The second kappa shape index (κ2) is 7.82. The number of hydrogen-bond acceptors (Lipinski definition) is 3. The van der Waals surface area contributed by atoms with Crippen LogP contribution in [0.15, 0.2) is 76.7 Å². The summed E-state index contributed by atoms with van der Waals surface area (Å²) in [5.74, 6) is 0.727. The summed E-state index contributed by atoms with van der Waals surface area (Å²) in [4.78, 5) is 18.1. The van der Waals surface area contributed by atoms with E-state index < -0.39 is 0 Å². The summed E-state index contributed by atoms with van der Waals surface area (Å²) in [6.45, 7) is 4.09. The van der Waals surface area contributed by atoms with Crippen LogP contribution in [-0.2, 0) is 5.75 Å². The quantitative estimate of drug-likeness (QED) is 0.310. The molecule has 0 aliphatic rings. The van der Waals surface area contributed by atoms with Gasteiger partial charge in [0.2, 0.25) is 0 Å². The van der Waals surface area contributed by atoms with E-state index in [-0.39, 0.29) is 5.56 Å². The van der Waals surface area contributed by atoms with Crippen LogP contribution in [0.5, 0.6) is 0 Å². The van der Waals surface area contributed by atoms with Crippen molar-refractivity contribution in [3.05, 3.63) is 98.8 Å². The predicted molar refractivity (Wildman–Crippen MR) is 118 cm³/mol. The monoisotopic (exact) mass is 406 g/mol. The first-order valence-electron chi connectivity index (χ1n) is 8.99. The molecule has 0 spiro atoms. The van der Waals surface area contributed by atoms with Gasteiger partial charge in [-0.2, -0.15) is 0 Å². The highest BCUT2D eigenvalue weighted by Gasteiger charge is 2.14. The molecule has 0 saturated carbocycles. The molecular formula is C23H19ClN2OS. The summed E-state index contributed by atoms with van der Waals surface area (Å²) in [6, 6.07) is 21.5. The summed E-state index contributed by atoms with van der Waals surface area (Å²) in [6.07, 6.45) is 0. The van der Waals surface area contributed by atoms with E-state index in [0.29, 0.717) is 21.1 Å². The van der Waals surface area contributed by atoms with Gasteiger partial charge in [-0.05, 0) is 55.3 Å². The van der Waals surface area contributed by atoms with E-state index in [1.807, 2.05) is 31.2 Å². The van der Waals surface area contributed by atoms with Crippen LogP contribution in [-0.4, -0.2) is 9.55 Å². The van der Waals surface area contributed by atoms with Crippen molar-refractivity contribution in [2.24, 2.45) is 0 Å². The van der Waals surface area contributed by atoms with Crippen LogP contribution in [0.3, 0.4) is 0 Å². The highest BCUT2D eigenvalue weighted by atomic mass is 35.5. The summed E-state index contributed by atoms with van der Waals surface area (Å²) >= 11 is 7.68. The Hall–Kier alpha value is -2.56. The fourth-order valence-electron chi connectivity index (χ4n) is 3.06. The van der Waals surface area contributed by atoms with Crippen LogP contribution in [0.25, 0.3) is 16.6 Å². The molecule has 1 heterocycles. The number of halogens is 1. The van der Waals surface area contributed by atoms with Gasteiger partial charge in [0.25, 0.3) is 5.56 Å². The van der Waals surface area contributed by atoms with Crippen LogP contribution in [0, 0.1) is 13.8 Å². The van der Waals surface area contributed by atoms with Crippen LogP contribution in [0.1, 0.15) is 16.7 Å². The zero-order valence-electron chi connectivity index (χ0n) is 15.6. The molecule has 3 aromatic carbocycles. The van der Waals surface area contributed by atoms with E-state index in [9.17, 15) is 4.79 Å². The van der Waals surface area contributed by atoms with Gasteiger partial charge in [0, 0.05) is 10.8 Å². The van der Waals surface area contributed by atoms with Crippen LogP contribution in [0.4, 0.5) is 0 Å². The second-order valence-electron chi connectivity index (χ2n) is 6.81. The van der Waals surface area contributed by atoms with Crippen molar-refractivity contribution in [2.75, 3.05) is 0 Å². The minimum Gasteiger partial charge on any atom is -0.268 e. The van der Waals surface area contributed by atoms with E-state index in [1.54, 1.807) is 34.5 Å². The van der Waals surface area contributed by atoms with Crippen molar-refractivity contribution in [3.8, 4) is 5.69 Å². The number of rotatable bonds is 4. The van der Waals surface area contributed by atoms with E-state index in [1.165, 1.54) is 11.1 Å². The third kappa shape index (κ3) is 3.84. The van der Waals surface area contributed by atoms with E-state index >= 15 is 0 Å². The SMILES string of the molecule is Cc1ccc(CSc2nc3cc(Cl)ccc3c(=O)n2-c2cccc(C)c2)cc1. The standard InChI is InChI=1S/C23H19ClN2OS/c1-15-6-8-17(9-7-15)14-28-23-25-21-13-18(24)10-11-20(21)22(27)26(23)19-5-3-4-16(2)12-19/h3-13H,14H2,1-2H3. The normalized spacial score (nSPS) is 11.1. The zero-order valence-corrected chi connectivity index (χ0v) is 17.2. The Morgan fingerprint density at radius 3 is 2.50 bits per heavy atom. The van der Waals surface area contributed by atoms with E-state index in [0.717, 1.165) is 17.0 Å². The molecule has 5 heteroatoms. The Balaban J connectivity index is 1.85.